The van der Waals surface area contributed by atoms with Crippen molar-refractivity contribution >= 4 is 23.5 Å². The van der Waals surface area contributed by atoms with E-state index in [2.05, 4.69) is 4.98 Å². The number of benzene rings is 1. The van der Waals surface area contributed by atoms with Crippen molar-refractivity contribution in [3.8, 4) is 0 Å². The molecule has 1 aromatic carbocycles. The molecule has 0 unspecified atom stereocenters. The summed E-state index contributed by atoms with van der Waals surface area (Å²) in [5.74, 6) is -0.593. The minimum absolute atomic E-state index is 0.180. The highest BCUT2D eigenvalue weighted by molar-refractivity contribution is 6.30. The van der Waals surface area contributed by atoms with E-state index in [1.54, 1.807) is 44.9 Å². The van der Waals surface area contributed by atoms with Crippen molar-refractivity contribution in [2.75, 3.05) is 13.7 Å². The summed E-state index contributed by atoms with van der Waals surface area (Å²) in [6.45, 7) is 6.00. The van der Waals surface area contributed by atoms with Crippen molar-refractivity contribution in [1.29, 1.82) is 0 Å². The highest BCUT2D eigenvalue weighted by Gasteiger charge is 2.24. The summed E-state index contributed by atoms with van der Waals surface area (Å²) in [6.07, 6.45) is 0. The van der Waals surface area contributed by atoms with Crippen LogP contribution in [0.3, 0.4) is 0 Å². The van der Waals surface area contributed by atoms with E-state index in [1.165, 1.54) is 0 Å². The van der Waals surface area contributed by atoms with Gasteiger partial charge >= 0.3 is 5.97 Å². The number of H-pyrrole nitrogens is 1. The molecule has 6 heteroatoms. The first-order valence-corrected chi connectivity index (χ1v) is 8.09. The number of aromatic nitrogens is 1. The fourth-order valence-electron chi connectivity index (χ4n) is 2.60. The molecule has 0 atom stereocenters. The second-order valence-corrected chi connectivity index (χ2v) is 6.07. The van der Waals surface area contributed by atoms with Crippen molar-refractivity contribution in [2.45, 2.75) is 27.3 Å². The van der Waals surface area contributed by atoms with E-state index in [1.807, 2.05) is 12.1 Å². The van der Waals surface area contributed by atoms with Crippen LogP contribution in [0.25, 0.3) is 0 Å². The fourth-order valence-corrected chi connectivity index (χ4v) is 2.73. The molecule has 1 aromatic heterocycles. The topological polar surface area (TPSA) is 62.4 Å². The Kier molecular flexibility index (Phi) is 5.67. The first-order chi connectivity index (χ1) is 11.3. The van der Waals surface area contributed by atoms with E-state index >= 15 is 0 Å². The van der Waals surface area contributed by atoms with Crippen LogP contribution in [0.5, 0.6) is 0 Å². The highest BCUT2D eigenvalue weighted by atomic mass is 35.5. The van der Waals surface area contributed by atoms with Gasteiger partial charge in [-0.25, -0.2) is 4.79 Å². The van der Waals surface area contributed by atoms with Gasteiger partial charge in [0.25, 0.3) is 5.91 Å². The van der Waals surface area contributed by atoms with Gasteiger partial charge in [0.1, 0.15) is 5.69 Å². The molecule has 0 bridgehead atoms. The molecule has 0 aliphatic carbocycles. The Labute approximate surface area is 146 Å². The van der Waals surface area contributed by atoms with Crippen molar-refractivity contribution in [1.82, 2.24) is 9.88 Å². The molecule has 1 N–H and O–H groups in total. The van der Waals surface area contributed by atoms with Crippen LogP contribution in [0, 0.1) is 13.8 Å². The smallest absolute Gasteiger partial charge is 0.340 e. The molecule has 24 heavy (non-hydrogen) atoms. The van der Waals surface area contributed by atoms with E-state index in [4.69, 9.17) is 16.3 Å². The van der Waals surface area contributed by atoms with Gasteiger partial charge in [-0.15, -0.1) is 0 Å². The van der Waals surface area contributed by atoms with Crippen molar-refractivity contribution in [3.63, 3.8) is 0 Å². The minimum atomic E-state index is -0.414. The summed E-state index contributed by atoms with van der Waals surface area (Å²) in [6, 6.07) is 7.34. The molecule has 0 aliphatic heterocycles. The molecule has 5 nitrogen and oxygen atoms in total. The molecule has 2 aromatic rings. The van der Waals surface area contributed by atoms with Gasteiger partial charge < -0.3 is 14.6 Å². The fraction of sp³-hybridized carbons (Fsp3) is 0.333. The molecule has 0 saturated carbocycles. The number of aromatic amines is 1. The largest absolute Gasteiger partial charge is 0.462 e. The molecule has 0 fully saturated rings. The minimum Gasteiger partial charge on any atom is -0.462 e. The number of rotatable bonds is 5. The Morgan fingerprint density at radius 3 is 2.42 bits per heavy atom. The van der Waals surface area contributed by atoms with Crippen LogP contribution in [0.1, 0.15) is 44.6 Å². The third kappa shape index (κ3) is 3.79. The number of amides is 1. The van der Waals surface area contributed by atoms with Gasteiger partial charge in [-0.2, -0.15) is 0 Å². The number of aryl methyl sites for hydroxylation is 1. The Balaban J connectivity index is 2.21. The number of nitrogens with one attached hydrogen (secondary N) is 1. The van der Waals surface area contributed by atoms with Crippen LogP contribution in [-0.4, -0.2) is 35.4 Å². The van der Waals surface area contributed by atoms with Gasteiger partial charge in [0.15, 0.2) is 0 Å². The zero-order valence-electron chi connectivity index (χ0n) is 14.3. The lowest BCUT2D eigenvalue weighted by Crippen LogP contribution is -2.27. The molecule has 0 aliphatic rings. The van der Waals surface area contributed by atoms with Crippen LogP contribution in [0.4, 0.5) is 0 Å². The monoisotopic (exact) mass is 348 g/mol. The number of hydrogen-bond donors (Lipinski definition) is 1. The molecule has 1 amide bonds. The van der Waals surface area contributed by atoms with E-state index < -0.39 is 5.97 Å². The normalized spacial score (nSPS) is 10.5. The van der Waals surface area contributed by atoms with Gasteiger partial charge in [-0.3, -0.25) is 4.79 Å². The van der Waals surface area contributed by atoms with Crippen LogP contribution in [-0.2, 0) is 11.3 Å². The molecule has 1 heterocycles. The highest BCUT2D eigenvalue weighted by Crippen LogP contribution is 2.21. The lowest BCUT2D eigenvalue weighted by atomic mass is 10.1. The van der Waals surface area contributed by atoms with E-state index in [0.29, 0.717) is 40.7 Å². The van der Waals surface area contributed by atoms with Crippen LogP contribution >= 0.6 is 11.6 Å². The zero-order chi connectivity index (χ0) is 17.9. The molecular formula is C18H21ClN2O3. The molecule has 2 rings (SSSR count). The Morgan fingerprint density at radius 1 is 1.21 bits per heavy atom. The molecule has 0 saturated heterocycles. The molecule has 0 radical (unpaired) electrons. The summed E-state index contributed by atoms with van der Waals surface area (Å²) in [7, 11) is 1.72. The number of esters is 1. The van der Waals surface area contributed by atoms with Crippen molar-refractivity contribution < 1.29 is 14.3 Å². The lowest BCUT2D eigenvalue weighted by molar-refractivity contribution is 0.0525. The summed E-state index contributed by atoms with van der Waals surface area (Å²) in [5, 5.41) is 0.655. The summed E-state index contributed by atoms with van der Waals surface area (Å²) >= 11 is 5.87. The van der Waals surface area contributed by atoms with Crippen molar-refractivity contribution in [3.05, 3.63) is 57.4 Å². The second kappa shape index (κ2) is 7.53. The van der Waals surface area contributed by atoms with Crippen LogP contribution in [0.2, 0.25) is 5.02 Å². The average molecular weight is 349 g/mol. The summed E-state index contributed by atoms with van der Waals surface area (Å²) in [5.41, 5.74) is 3.06. The SMILES string of the molecule is CCOC(=O)c1c(C)[nH]c(C(=O)N(C)Cc2ccc(Cl)cc2)c1C. The maximum absolute atomic E-state index is 12.7. The van der Waals surface area contributed by atoms with E-state index in [0.717, 1.165) is 5.56 Å². The van der Waals surface area contributed by atoms with Gasteiger partial charge in [-0.1, -0.05) is 23.7 Å². The van der Waals surface area contributed by atoms with Gasteiger partial charge in [-0.05, 0) is 44.0 Å². The maximum Gasteiger partial charge on any atom is 0.340 e. The third-order valence-electron chi connectivity index (χ3n) is 3.81. The molecular weight excluding hydrogens is 328 g/mol. The zero-order valence-corrected chi connectivity index (χ0v) is 15.0. The summed E-state index contributed by atoms with van der Waals surface area (Å²) in [4.78, 5) is 29.3. The third-order valence-corrected chi connectivity index (χ3v) is 4.06. The maximum atomic E-state index is 12.7. The number of hydrogen-bond acceptors (Lipinski definition) is 3. The van der Waals surface area contributed by atoms with E-state index in [9.17, 15) is 9.59 Å². The molecule has 128 valence electrons. The van der Waals surface area contributed by atoms with Crippen molar-refractivity contribution in [2.24, 2.45) is 0 Å². The predicted octanol–water partition coefficient (Wildman–Crippen LogP) is 3.73. The standard InChI is InChI=1S/C18H21ClN2O3/c1-5-24-18(23)15-11(2)16(20-12(15)3)17(22)21(4)10-13-6-8-14(19)9-7-13/h6-9,20H,5,10H2,1-4H3. The van der Waals surface area contributed by atoms with Crippen LogP contribution in [0.15, 0.2) is 24.3 Å². The van der Waals surface area contributed by atoms with Crippen LogP contribution < -0.4 is 0 Å². The average Bonchev–Trinajstić information content (AvgIpc) is 2.83. The number of carbonyl (C=O) groups is 2. The van der Waals surface area contributed by atoms with E-state index in [-0.39, 0.29) is 5.91 Å². The number of halogens is 1. The van der Waals surface area contributed by atoms with Gasteiger partial charge in [0, 0.05) is 24.3 Å². The predicted molar refractivity (Wildman–Crippen MR) is 93.5 cm³/mol. The Morgan fingerprint density at radius 2 is 1.83 bits per heavy atom. The lowest BCUT2D eigenvalue weighted by Gasteiger charge is -2.17. The Bertz CT molecular complexity index is 750. The molecule has 0 spiro atoms. The van der Waals surface area contributed by atoms with Gasteiger partial charge in [0.2, 0.25) is 0 Å². The number of nitrogens with zero attached hydrogens (tertiary/aromatic N) is 1. The van der Waals surface area contributed by atoms with Gasteiger partial charge in [0.05, 0.1) is 12.2 Å². The second-order valence-electron chi connectivity index (χ2n) is 5.63. The number of ether oxygens (including phenoxy) is 1. The first-order valence-electron chi connectivity index (χ1n) is 7.71. The Hall–Kier alpha value is -2.27. The summed E-state index contributed by atoms with van der Waals surface area (Å²) < 4.78 is 5.05. The number of carbonyl (C=O) groups excluding carboxylic acids is 2. The quantitative estimate of drug-likeness (QED) is 0.837. The first kappa shape index (κ1) is 18.1.